The predicted molar refractivity (Wildman–Crippen MR) is 117 cm³/mol. The van der Waals surface area contributed by atoms with E-state index in [0.717, 1.165) is 48.8 Å². The van der Waals surface area contributed by atoms with Gasteiger partial charge >= 0.3 is 0 Å². The van der Waals surface area contributed by atoms with Crippen molar-refractivity contribution in [1.29, 1.82) is 0 Å². The standard InChI is InChI=1S/C24H26N4O3/c1-30-21-11-7-19(8-12-21)24(29)28-15-13-27(14-16-28)20-9-5-17(6-10-20)22-25-23(31-26-22)18-3-2-4-18/h5-12,18H,2-4,13-16H2,1H3. The maximum Gasteiger partial charge on any atom is 0.253 e. The van der Waals surface area contributed by atoms with Gasteiger partial charge in [-0.3, -0.25) is 4.79 Å². The van der Waals surface area contributed by atoms with Crippen molar-refractivity contribution in [3.05, 3.63) is 60.0 Å². The summed E-state index contributed by atoms with van der Waals surface area (Å²) in [5, 5.41) is 4.15. The van der Waals surface area contributed by atoms with Crippen molar-refractivity contribution in [1.82, 2.24) is 15.0 Å². The van der Waals surface area contributed by atoms with Crippen LogP contribution in [0.25, 0.3) is 11.4 Å². The first-order valence-electron chi connectivity index (χ1n) is 10.8. The molecule has 0 spiro atoms. The van der Waals surface area contributed by atoms with Crippen molar-refractivity contribution in [2.45, 2.75) is 25.2 Å². The molecule has 0 N–H and O–H groups in total. The normalized spacial score (nSPS) is 16.8. The molecule has 0 atom stereocenters. The maximum absolute atomic E-state index is 12.8. The van der Waals surface area contributed by atoms with E-state index in [1.54, 1.807) is 7.11 Å². The van der Waals surface area contributed by atoms with Crippen molar-refractivity contribution < 1.29 is 14.1 Å². The number of aromatic nitrogens is 2. The number of ether oxygens (including phenoxy) is 1. The summed E-state index contributed by atoms with van der Waals surface area (Å²) in [6.07, 6.45) is 3.54. The summed E-state index contributed by atoms with van der Waals surface area (Å²) in [5.74, 6) is 2.69. The van der Waals surface area contributed by atoms with Crippen LogP contribution < -0.4 is 9.64 Å². The summed E-state index contributed by atoms with van der Waals surface area (Å²) in [6, 6.07) is 15.6. The molecule has 1 saturated carbocycles. The van der Waals surface area contributed by atoms with Gasteiger partial charge in [0.1, 0.15) is 5.75 Å². The van der Waals surface area contributed by atoms with E-state index in [2.05, 4.69) is 27.2 Å². The number of amides is 1. The third-order valence-corrected chi connectivity index (χ3v) is 6.29. The van der Waals surface area contributed by atoms with Crippen LogP contribution in [0.15, 0.2) is 53.1 Å². The molecule has 2 heterocycles. The molecule has 5 rings (SSSR count). The quantitative estimate of drug-likeness (QED) is 0.624. The van der Waals surface area contributed by atoms with Crippen LogP contribution in [0.3, 0.4) is 0 Å². The zero-order valence-electron chi connectivity index (χ0n) is 17.7. The Hall–Kier alpha value is -3.35. The molecule has 1 saturated heterocycles. The minimum atomic E-state index is 0.0667. The summed E-state index contributed by atoms with van der Waals surface area (Å²) in [6.45, 7) is 3.00. The monoisotopic (exact) mass is 418 g/mol. The number of piperazine rings is 1. The zero-order chi connectivity index (χ0) is 21.2. The Bertz CT molecular complexity index is 1030. The van der Waals surface area contributed by atoms with Crippen molar-refractivity contribution in [3.63, 3.8) is 0 Å². The van der Waals surface area contributed by atoms with Gasteiger partial charge in [0.05, 0.1) is 7.11 Å². The summed E-state index contributed by atoms with van der Waals surface area (Å²) >= 11 is 0. The lowest BCUT2D eigenvalue weighted by Crippen LogP contribution is -2.48. The van der Waals surface area contributed by atoms with Crippen molar-refractivity contribution in [2.75, 3.05) is 38.2 Å². The van der Waals surface area contributed by atoms with E-state index < -0.39 is 0 Å². The molecular formula is C24H26N4O3. The average Bonchev–Trinajstić information content (AvgIpc) is 3.27. The SMILES string of the molecule is COc1ccc(C(=O)N2CCN(c3ccc(-c4noc(C5CCC5)n4)cc3)CC2)cc1. The molecule has 2 aromatic carbocycles. The highest BCUT2D eigenvalue weighted by atomic mass is 16.5. The van der Waals surface area contributed by atoms with Gasteiger partial charge in [-0.2, -0.15) is 4.98 Å². The molecule has 0 unspecified atom stereocenters. The van der Waals surface area contributed by atoms with Crippen molar-refractivity contribution in [3.8, 4) is 17.1 Å². The number of hydrogen-bond donors (Lipinski definition) is 0. The Kier molecular flexibility index (Phi) is 5.32. The van der Waals surface area contributed by atoms with Crippen molar-refractivity contribution in [2.24, 2.45) is 0 Å². The van der Waals surface area contributed by atoms with Crippen LogP contribution in [0, 0.1) is 0 Å². The van der Waals surface area contributed by atoms with Crippen molar-refractivity contribution >= 4 is 11.6 Å². The van der Waals surface area contributed by atoms with Gasteiger partial charge in [-0.15, -0.1) is 0 Å². The van der Waals surface area contributed by atoms with Gasteiger partial charge in [-0.25, -0.2) is 0 Å². The lowest BCUT2D eigenvalue weighted by Gasteiger charge is -2.36. The van der Waals surface area contributed by atoms with E-state index in [1.165, 1.54) is 6.42 Å². The number of methoxy groups -OCH3 is 1. The molecule has 7 nitrogen and oxygen atoms in total. The van der Waals surface area contributed by atoms with Crippen LogP contribution in [0.4, 0.5) is 5.69 Å². The number of rotatable bonds is 5. The Morgan fingerprint density at radius 1 is 1.00 bits per heavy atom. The first kappa shape index (κ1) is 19.6. The fraction of sp³-hybridized carbons (Fsp3) is 0.375. The van der Waals surface area contributed by atoms with Crippen LogP contribution in [0.2, 0.25) is 0 Å². The molecule has 2 aliphatic rings. The minimum Gasteiger partial charge on any atom is -0.497 e. The first-order chi connectivity index (χ1) is 15.2. The number of carbonyl (C=O) groups excluding carboxylic acids is 1. The van der Waals surface area contributed by atoms with Gasteiger partial charge in [-0.05, 0) is 61.4 Å². The third kappa shape index (κ3) is 4.00. The van der Waals surface area contributed by atoms with E-state index in [0.29, 0.717) is 30.4 Å². The molecule has 0 bridgehead atoms. The highest BCUT2D eigenvalue weighted by Crippen LogP contribution is 2.36. The topological polar surface area (TPSA) is 71.7 Å². The van der Waals surface area contributed by atoms with E-state index in [9.17, 15) is 4.79 Å². The molecule has 160 valence electrons. The fourth-order valence-corrected chi connectivity index (χ4v) is 4.08. The molecule has 7 heteroatoms. The van der Waals surface area contributed by atoms with Gasteiger partial charge in [0.25, 0.3) is 5.91 Å². The van der Waals surface area contributed by atoms with Crippen LogP contribution in [-0.2, 0) is 0 Å². The third-order valence-electron chi connectivity index (χ3n) is 6.29. The predicted octanol–water partition coefficient (Wildman–Crippen LogP) is 3.98. The highest BCUT2D eigenvalue weighted by molar-refractivity contribution is 5.94. The second-order valence-electron chi connectivity index (χ2n) is 8.14. The number of nitrogens with zero attached hydrogens (tertiary/aromatic N) is 4. The summed E-state index contributed by atoms with van der Waals surface area (Å²) < 4.78 is 10.6. The molecule has 2 fully saturated rings. The van der Waals surface area contributed by atoms with Gasteiger partial charge in [0.2, 0.25) is 11.7 Å². The van der Waals surface area contributed by atoms with Gasteiger partial charge in [0.15, 0.2) is 0 Å². The van der Waals surface area contributed by atoms with Gasteiger partial charge in [0, 0.05) is 48.9 Å². The largest absolute Gasteiger partial charge is 0.497 e. The van der Waals surface area contributed by atoms with Gasteiger partial charge in [-0.1, -0.05) is 11.6 Å². The molecule has 1 aliphatic heterocycles. The molecule has 0 radical (unpaired) electrons. The summed E-state index contributed by atoms with van der Waals surface area (Å²) in [5.41, 5.74) is 2.80. The van der Waals surface area contributed by atoms with Crippen LogP contribution in [-0.4, -0.2) is 54.2 Å². The lowest BCUT2D eigenvalue weighted by molar-refractivity contribution is 0.0746. The van der Waals surface area contributed by atoms with Crippen LogP contribution in [0.5, 0.6) is 5.75 Å². The molecule has 3 aromatic rings. The number of carbonyl (C=O) groups is 1. The second kappa shape index (κ2) is 8.41. The Morgan fingerprint density at radius 3 is 2.32 bits per heavy atom. The molecule has 31 heavy (non-hydrogen) atoms. The highest BCUT2D eigenvalue weighted by Gasteiger charge is 2.26. The van der Waals surface area contributed by atoms with Crippen LogP contribution in [0.1, 0.15) is 41.4 Å². The second-order valence-corrected chi connectivity index (χ2v) is 8.14. The number of anilines is 1. The lowest BCUT2D eigenvalue weighted by atomic mass is 9.85. The minimum absolute atomic E-state index is 0.0667. The fourth-order valence-electron chi connectivity index (χ4n) is 4.08. The molecule has 1 aromatic heterocycles. The van der Waals surface area contributed by atoms with E-state index >= 15 is 0 Å². The smallest absolute Gasteiger partial charge is 0.253 e. The number of hydrogen-bond acceptors (Lipinski definition) is 6. The Balaban J connectivity index is 1.19. The molecule has 1 amide bonds. The van der Waals surface area contributed by atoms with Gasteiger partial charge < -0.3 is 19.1 Å². The zero-order valence-corrected chi connectivity index (χ0v) is 17.7. The maximum atomic E-state index is 12.8. The Morgan fingerprint density at radius 2 is 1.71 bits per heavy atom. The van der Waals surface area contributed by atoms with Crippen LogP contribution >= 0.6 is 0 Å². The summed E-state index contributed by atoms with van der Waals surface area (Å²) in [4.78, 5) is 21.5. The van der Waals surface area contributed by atoms with E-state index in [1.807, 2.05) is 41.3 Å². The first-order valence-corrected chi connectivity index (χ1v) is 10.8. The average molecular weight is 418 g/mol. The Labute approximate surface area is 181 Å². The molecular weight excluding hydrogens is 392 g/mol. The van der Waals surface area contributed by atoms with E-state index in [4.69, 9.17) is 9.26 Å². The van der Waals surface area contributed by atoms with E-state index in [-0.39, 0.29) is 5.91 Å². The number of benzene rings is 2. The molecule has 1 aliphatic carbocycles. The summed E-state index contributed by atoms with van der Waals surface area (Å²) in [7, 11) is 1.62.